The molecule has 0 bridgehead atoms. The van der Waals surface area contributed by atoms with Crippen LogP contribution in [-0.2, 0) is 4.79 Å². The number of carbonyl (C=O) groups excluding carboxylic acids is 1. The summed E-state index contributed by atoms with van der Waals surface area (Å²) in [5.41, 5.74) is 2.46. The van der Waals surface area contributed by atoms with Gasteiger partial charge < -0.3 is 0 Å². The zero-order valence-electron chi connectivity index (χ0n) is 8.01. The summed E-state index contributed by atoms with van der Waals surface area (Å²) in [5.74, 6) is -0.329. The molecule has 1 amide bonds. The molecule has 6 heteroatoms. The Hall–Kier alpha value is -2.24. The second kappa shape index (κ2) is 4.85. The van der Waals surface area contributed by atoms with Gasteiger partial charge in [0.2, 0.25) is 5.91 Å². The van der Waals surface area contributed by atoms with E-state index in [4.69, 9.17) is 0 Å². The molecule has 0 radical (unpaired) electrons. The predicted octanol–water partition coefficient (Wildman–Crippen LogP) is 1.06. The molecule has 0 aliphatic rings. The van der Waals surface area contributed by atoms with Gasteiger partial charge in [-0.3, -0.25) is 14.9 Å². The first-order valence-electron chi connectivity index (χ1n) is 4.14. The number of para-hydroxylation sites is 1. The van der Waals surface area contributed by atoms with Crippen LogP contribution in [0.15, 0.2) is 29.4 Å². The highest BCUT2D eigenvalue weighted by atomic mass is 16.6. The largest absolute Gasteiger partial charge is 0.278 e. The number of hydrazone groups is 1. The molecular formula is C9H9N3O3. The van der Waals surface area contributed by atoms with E-state index in [1.807, 2.05) is 0 Å². The Morgan fingerprint density at radius 3 is 2.80 bits per heavy atom. The van der Waals surface area contributed by atoms with Gasteiger partial charge in [0.05, 0.1) is 16.7 Å². The molecule has 1 N–H and O–H groups in total. The van der Waals surface area contributed by atoms with Crippen LogP contribution in [0.1, 0.15) is 12.5 Å². The molecule has 15 heavy (non-hydrogen) atoms. The number of nitrogens with zero attached hydrogens (tertiary/aromatic N) is 2. The molecule has 0 aliphatic carbocycles. The van der Waals surface area contributed by atoms with Crippen molar-refractivity contribution < 1.29 is 9.72 Å². The Labute approximate surface area is 85.8 Å². The van der Waals surface area contributed by atoms with Crippen molar-refractivity contribution in [2.45, 2.75) is 6.92 Å². The smallest absolute Gasteiger partial charge is 0.274 e. The summed E-state index contributed by atoms with van der Waals surface area (Å²) < 4.78 is 0. The SMILES string of the molecule is CC(=O)N/N=C/c1ccccc1[N+](=O)[O-]. The Balaban J connectivity index is 2.89. The van der Waals surface area contributed by atoms with E-state index < -0.39 is 4.92 Å². The first-order valence-corrected chi connectivity index (χ1v) is 4.14. The van der Waals surface area contributed by atoms with Crippen LogP contribution in [0.3, 0.4) is 0 Å². The highest BCUT2D eigenvalue weighted by Crippen LogP contribution is 2.14. The van der Waals surface area contributed by atoms with E-state index in [1.165, 1.54) is 19.2 Å². The summed E-state index contributed by atoms with van der Waals surface area (Å²) in [4.78, 5) is 20.6. The molecule has 0 spiro atoms. The van der Waals surface area contributed by atoms with Gasteiger partial charge in [0.25, 0.3) is 5.69 Å². The van der Waals surface area contributed by atoms with E-state index in [2.05, 4.69) is 10.5 Å². The number of nitro benzene ring substituents is 1. The molecule has 1 rings (SSSR count). The molecule has 0 saturated heterocycles. The van der Waals surface area contributed by atoms with Crippen molar-refractivity contribution in [3.8, 4) is 0 Å². The fraction of sp³-hybridized carbons (Fsp3) is 0.111. The number of nitrogens with one attached hydrogen (secondary N) is 1. The van der Waals surface area contributed by atoms with Crippen LogP contribution >= 0.6 is 0 Å². The van der Waals surface area contributed by atoms with E-state index in [-0.39, 0.29) is 11.6 Å². The third kappa shape index (κ3) is 3.18. The number of carbonyl (C=O) groups is 1. The molecule has 0 aromatic heterocycles. The average molecular weight is 207 g/mol. The minimum absolute atomic E-state index is 0.0494. The summed E-state index contributed by atoms with van der Waals surface area (Å²) >= 11 is 0. The van der Waals surface area contributed by atoms with E-state index >= 15 is 0 Å². The van der Waals surface area contributed by atoms with Crippen LogP contribution in [0.25, 0.3) is 0 Å². The lowest BCUT2D eigenvalue weighted by Gasteiger charge is -1.95. The quantitative estimate of drug-likeness (QED) is 0.457. The lowest BCUT2D eigenvalue weighted by atomic mass is 10.2. The van der Waals surface area contributed by atoms with Crippen LogP contribution in [0.5, 0.6) is 0 Å². The molecule has 6 nitrogen and oxygen atoms in total. The summed E-state index contributed by atoms with van der Waals surface area (Å²) in [6.07, 6.45) is 1.24. The third-order valence-electron chi connectivity index (χ3n) is 1.56. The van der Waals surface area contributed by atoms with Gasteiger partial charge >= 0.3 is 0 Å². The summed E-state index contributed by atoms with van der Waals surface area (Å²) in [7, 11) is 0. The lowest BCUT2D eigenvalue weighted by Crippen LogP contribution is -2.12. The van der Waals surface area contributed by atoms with Crippen molar-refractivity contribution in [3.05, 3.63) is 39.9 Å². The van der Waals surface area contributed by atoms with Gasteiger partial charge in [-0.15, -0.1) is 0 Å². The van der Waals surface area contributed by atoms with E-state index in [9.17, 15) is 14.9 Å². The zero-order valence-corrected chi connectivity index (χ0v) is 8.01. The van der Waals surface area contributed by atoms with E-state index in [0.717, 1.165) is 0 Å². The highest BCUT2D eigenvalue weighted by molar-refractivity contribution is 5.86. The van der Waals surface area contributed by atoms with Crippen LogP contribution in [0, 0.1) is 10.1 Å². The minimum atomic E-state index is -0.505. The van der Waals surface area contributed by atoms with Gasteiger partial charge in [0.1, 0.15) is 0 Å². The standard InChI is InChI=1S/C9H9N3O3/c1-7(13)11-10-6-8-4-2-3-5-9(8)12(14)15/h2-6H,1H3,(H,11,13)/b10-6+. The average Bonchev–Trinajstić information content (AvgIpc) is 2.17. The molecule has 0 fully saturated rings. The van der Waals surface area contributed by atoms with Gasteiger partial charge in [0, 0.05) is 13.0 Å². The van der Waals surface area contributed by atoms with Gasteiger partial charge in [-0.2, -0.15) is 5.10 Å². The minimum Gasteiger partial charge on any atom is -0.274 e. The molecule has 78 valence electrons. The van der Waals surface area contributed by atoms with Crippen LogP contribution in [0.4, 0.5) is 5.69 Å². The molecule has 0 atom stereocenters. The summed E-state index contributed by atoms with van der Waals surface area (Å²) in [5, 5.41) is 14.1. The molecule has 0 aliphatic heterocycles. The maximum absolute atomic E-state index is 10.6. The van der Waals surface area contributed by atoms with Crippen molar-refractivity contribution in [2.24, 2.45) is 5.10 Å². The Morgan fingerprint density at radius 2 is 2.20 bits per heavy atom. The van der Waals surface area contributed by atoms with E-state index in [0.29, 0.717) is 5.56 Å². The normalized spacial score (nSPS) is 10.2. The second-order valence-corrected chi connectivity index (χ2v) is 2.74. The summed E-state index contributed by atoms with van der Waals surface area (Å²) in [6.45, 7) is 1.30. The molecule has 0 heterocycles. The van der Waals surface area contributed by atoms with Crippen molar-refractivity contribution in [2.75, 3.05) is 0 Å². The number of nitro groups is 1. The van der Waals surface area contributed by atoms with Gasteiger partial charge in [-0.25, -0.2) is 5.43 Å². The van der Waals surface area contributed by atoms with Gasteiger partial charge in [-0.05, 0) is 6.07 Å². The molecular weight excluding hydrogens is 198 g/mol. The van der Waals surface area contributed by atoms with Crippen LogP contribution < -0.4 is 5.43 Å². The second-order valence-electron chi connectivity index (χ2n) is 2.74. The van der Waals surface area contributed by atoms with Crippen molar-refractivity contribution >= 4 is 17.8 Å². The topological polar surface area (TPSA) is 84.6 Å². The predicted molar refractivity (Wildman–Crippen MR) is 54.5 cm³/mol. The molecule has 1 aromatic rings. The Bertz CT molecular complexity index is 415. The zero-order chi connectivity index (χ0) is 11.3. The first kappa shape index (κ1) is 10.8. The highest BCUT2D eigenvalue weighted by Gasteiger charge is 2.09. The number of hydrogen-bond acceptors (Lipinski definition) is 4. The first-order chi connectivity index (χ1) is 7.11. The van der Waals surface area contributed by atoms with Gasteiger partial charge in [0.15, 0.2) is 0 Å². The van der Waals surface area contributed by atoms with Crippen molar-refractivity contribution in [1.82, 2.24) is 5.43 Å². The van der Waals surface area contributed by atoms with Crippen LogP contribution in [-0.4, -0.2) is 17.0 Å². The fourth-order valence-electron chi connectivity index (χ4n) is 0.956. The van der Waals surface area contributed by atoms with Crippen LogP contribution in [0.2, 0.25) is 0 Å². The number of amides is 1. The maximum Gasteiger partial charge on any atom is 0.278 e. The van der Waals surface area contributed by atoms with Crippen molar-refractivity contribution in [1.29, 1.82) is 0 Å². The fourth-order valence-corrected chi connectivity index (χ4v) is 0.956. The Kier molecular flexibility index (Phi) is 3.50. The summed E-state index contributed by atoms with van der Waals surface area (Å²) in [6, 6.07) is 6.13. The monoisotopic (exact) mass is 207 g/mol. The molecule has 0 unspecified atom stereocenters. The number of rotatable bonds is 3. The van der Waals surface area contributed by atoms with Gasteiger partial charge in [-0.1, -0.05) is 12.1 Å². The molecule has 1 aromatic carbocycles. The number of hydrogen-bond donors (Lipinski definition) is 1. The lowest BCUT2D eigenvalue weighted by molar-refractivity contribution is -0.385. The number of benzene rings is 1. The third-order valence-corrected chi connectivity index (χ3v) is 1.56. The van der Waals surface area contributed by atoms with Crippen molar-refractivity contribution in [3.63, 3.8) is 0 Å². The maximum atomic E-state index is 10.6. The van der Waals surface area contributed by atoms with E-state index in [1.54, 1.807) is 18.2 Å². The Morgan fingerprint density at radius 1 is 1.53 bits per heavy atom. The molecule has 0 saturated carbocycles.